The zero-order valence-electron chi connectivity index (χ0n) is 10.5. The highest BCUT2D eigenvalue weighted by molar-refractivity contribution is 5.47. The van der Waals surface area contributed by atoms with E-state index in [2.05, 4.69) is 20.8 Å². The number of rotatable bonds is 5. The van der Waals surface area contributed by atoms with Gasteiger partial charge in [0.2, 0.25) is 0 Å². The third kappa shape index (κ3) is 3.74. The molecule has 1 aromatic rings. The fourth-order valence-electron chi connectivity index (χ4n) is 1.31. The van der Waals surface area contributed by atoms with Gasteiger partial charge in [-0.05, 0) is 30.5 Å². The Kier molecular flexibility index (Phi) is 4.62. The predicted octanol–water partition coefficient (Wildman–Crippen LogP) is 2.84. The van der Waals surface area contributed by atoms with Crippen molar-refractivity contribution in [1.29, 1.82) is 0 Å². The van der Waals surface area contributed by atoms with E-state index in [0.29, 0.717) is 18.2 Å². The zero-order chi connectivity index (χ0) is 12.1. The lowest BCUT2D eigenvalue weighted by Gasteiger charge is -2.17. The topological polar surface area (TPSA) is 44.5 Å². The minimum Gasteiger partial charge on any atom is -0.497 e. The Morgan fingerprint density at radius 1 is 1.19 bits per heavy atom. The summed E-state index contributed by atoms with van der Waals surface area (Å²) in [6.45, 7) is 6.93. The van der Waals surface area contributed by atoms with Crippen molar-refractivity contribution in [1.82, 2.24) is 0 Å². The van der Waals surface area contributed by atoms with E-state index in [1.165, 1.54) is 0 Å². The minimum absolute atomic E-state index is 0.243. The van der Waals surface area contributed by atoms with Crippen LogP contribution in [0, 0.1) is 5.92 Å². The third-order valence-corrected chi connectivity index (χ3v) is 2.68. The van der Waals surface area contributed by atoms with Crippen LogP contribution in [0.5, 0.6) is 5.75 Å². The maximum atomic E-state index is 5.77. The van der Waals surface area contributed by atoms with Gasteiger partial charge >= 0.3 is 0 Å². The molecule has 1 unspecified atom stereocenters. The summed E-state index contributed by atoms with van der Waals surface area (Å²) in [5.74, 6) is 1.29. The number of hydrogen-bond donors (Lipinski definition) is 1. The van der Waals surface area contributed by atoms with Gasteiger partial charge in [-0.15, -0.1) is 0 Å². The molecule has 16 heavy (non-hydrogen) atoms. The number of ether oxygens (including phenoxy) is 2. The number of nitrogens with two attached hydrogens (primary N) is 1. The number of methoxy groups -OCH3 is 1. The summed E-state index contributed by atoms with van der Waals surface area (Å²) in [7, 11) is 1.64. The highest BCUT2D eigenvalue weighted by atomic mass is 16.5. The van der Waals surface area contributed by atoms with E-state index in [0.717, 1.165) is 11.3 Å². The highest BCUT2D eigenvalue weighted by Crippen LogP contribution is 2.20. The number of hydrogen-bond acceptors (Lipinski definition) is 3. The van der Waals surface area contributed by atoms with E-state index < -0.39 is 0 Å². The second kappa shape index (κ2) is 5.75. The molecule has 0 bridgehead atoms. The normalized spacial score (nSPS) is 12.8. The average molecular weight is 223 g/mol. The maximum Gasteiger partial charge on any atom is 0.121 e. The van der Waals surface area contributed by atoms with Crippen LogP contribution < -0.4 is 10.5 Å². The molecule has 0 aliphatic heterocycles. The zero-order valence-corrected chi connectivity index (χ0v) is 10.5. The first-order valence-corrected chi connectivity index (χ1v) is 5.58. The molecule has 1 rings (SSSR count). The van der Waals surface area contributed by atoms with E-state index in [1.54, 1.807) is 13.2 Å². The predicted molar refractivity (Wildman–Crippen MR) is 66.5 cm³/mol. The number of anilines is 1. The Morgan fingerprint density at radius 2 is 1.88 bits per heavy atom. The molecule has 0 radical (unpaired) electrons. The summed E-state index contributed by atoms with van der Waals surface area (Å²) < 4.78 is 10.9. The van der Waals surface area contributed by atoms with Crippen LogP contribution in [0.15, 0.2) is 18.2 Å². The lowest BCUT2D eigenvalue weighted by Crippen LogP contribution is -2.15. The molecule has 0 aliphatic rings. The second-order valence-corrected chi connectivity index (χ2v) is 4.37. The van der Waals surface area contributed by atoms with Crippen molar-refractivity contribution in [3.8, 4) is 5.75 Å². The molecule has 0 aromatic heterocycles. The highest BCUT2D eigenvalue weighted by Gasteiger charge is 2.08. The van der Waals surface area contributed by atoms with Crippen LogP contribution in [-0.2, 0) is 11.3 Å². The first-order valence-electron chi connectivity index (χ1n) is 5.58. The van der Waals surface area contributed by atoms with E-state index in [4.69, 9.17) is 15.2 Å². The van der Waals surface area contributed by atoms with Crippen LogP contribution >= 0.6 is 0 Å². The van der Waals surface area contributed by atoms with Gasteiger partial charge in [-0.2, -0.15) is 0 Å². The fraction of sp³-hybridized carbons (Fsp3) is 0.538. The third-order valence-electron chi connectivity index (χ3n) is 2.68. The molecule has 0 saturated carbocycles. The van der Waals surface area contributed by atoms with E-state index in [9.17, 15) is 0 Å². The van der Waals surface area contributed by atoms with Gasteiger partial charge < -0.3 is 15.2 Å². The van der Waals surface area contributed by atoms with Crippen molar-refractivity contribution < 1.29 is 9.47 Å². The maximum absolute atomic E-state index is 5.77. The SMILES string of the molecule is COc1cc(N)cc(COC(C)C(C)C)c1. The molecule has 0 spiro atoms. The van der Waals surface area contributed by atoms with E-state index in [1.807, 2.05) is 12.1 Å². The van der Waals surface area contributed by atoms with E-state index in [-0.39, 0.29) is 6.10 Å². The van der Waals surface area contributed by atoms with Gasteiger partial charge in [0.25, 0.3) is 0 Å². The Labute approximate surface area is 97.6 Å². The Hall–Kier alpha value is -1.22. The van der Waals surface area contributed by atoms with Gasteiger partial charge in [-0.3, -0.25) is 0 Å². The molecule has 0 amide bonds. The standard InChI is InChI=1S/C13H21NO2/c1-9(2)10(3)16-8-11-5-12(14)7-13(6-11)15-4/h5-7,9-10H,8,14H2,1-4H3. The van der Waals surface area contributed by atoms with Gasteiger partial charge in [0.05, 0.1) is 19.8 Å². The van der Waals surface area contributed by atoms with Crippen molar-refractivity contribution in [3.63, 3.8) is 0 Å². The summed E-state index contributed by atoms with van der Waals surface area (Å²) in [4.78, 5) is 0. The molecule has 1 aromatic carbocycles. The molecule has 0 fully saturated rings. The quantitative estimate of drug-likeness (QED) is 0.781. The molecule has 3 heteroatoms. The summed E-state index contributed by atoms with van der Waals surface area (Å²) in [5, 5.41) is 0. The summed E-state index contributed by atoms with van der Waals surface area (Å²) >= 11 is 0. The largest absolute Gasteiger partial charge is 0.497 e. The molecular weight excluding hydrogens is 202 g/mol. The van der Waals surface area contributed by atoms with Gasteiger partial charge in [0.1, 0.15) is 5.75 Å². The fourth-order valence-corrected chi connectivity index (χ4v) is 1.31. The van der Waals surface area contributed by atoms with Crippen molar-refractivity contribution >= 4 is 5.69 Å². The molecule has 1 atom stereocenters. The molecular formula is C13H21NO2. The van der Waals surface area contributed by atoms with Crippen LogP contribution in [0.1, 0.15) is 26.3 Å². The van der Waals surface area contributed by atoms with Gasteiger partial charge in [0, 0.05) is 11.8 Å². The van der Waals surface area contributed by atoms with Crippen LogP contribution in [0.25, 0.3) is 0 Å². The smallest absolute Gasteiger partial charge is 0.121 e. The summed E-state index contributed by atoms with van der Waals surface area (Å²) in [6.07, 6.45) is 0.243. The molecule has 0 heterocycles. The van der Waals surface area contributed by atoms with Gasteiger partial charge in [-0.25, -0.2) is 0 Å². The molecule has 2 N–H and O–H groups in total. The monoisotopic (exact) mass is 223 g/mol. The molecule has 90 valence electrons. The Balaban J connectivity index is 2.63. The number of nitrogen functional groups attached to an aromatic ring is 1. The Bertz CT molecular complexity index is 337. The molecule has 0 aliphatic carbocycles. The summed E-state index contributed by atoms with van der Waals surface area (Å²) in [6, 6.07) is 5.66. The Morgan fingerprint density at radius 3 is 2.44 bits per heavy atom. The number of benzene rings is 1. The van der Waals surface area contributed by atoms with Crippen LogP contribution in [0.2, 0.25) is 0 Å². The average Bonchev–Trinajstić information content (AvgIpc) is 2.24. The van der Waals surface area contributed by atoms with Gasteiger partial charge in [-0.1, -0.05) is 13.8 Å². The van der Waals surface area contributed by atoms with Crippen molar-refractivity contribution in [2.75, 3.05) is 12.8 Å². The molecule has 3 nitrogen and oxygen atoms in total. The van der Waals surface area contributed by atoms with Crippen molar-refractivity contribution in [3.05, 3.63) is 23.8 Å². The van der Waals surface area contributed by atoms with Crippen LogP contribution in [-0.4, -0.2) is 13.2 Å². The minimum atomic E-state index is 0.243. The second-order valence-electron chi connectivity index (χ2n) is 4.37. The molecule has 0 saturated heterocycles. The van der Waals surface area contributed by atoms with Crippen molar-refractivity contribution in [2.45, 2.75) is 33.5 Å². The first kappa shape index (κ1) is 12.8. The van der Waals surface area contributed by atoms with Gasteiger partial charge in [0.15, 0.2) is 0 Å². The van der Waals surface area contributed by atoms with Crippen LogP contribution in [0.3, 0.4) is 0 Å². The van der Waals surface area contributed by atoms with Crippen molar-refractivity contribution in [2.24, 2.45) is 5.92 Å². The van der Waals surface area contributed by atoms with E-state index >= 15 is 0 Å². The summed E-state index contributed by atoms with van der Waals surface area (Å²) in [5.41, 5.74) is 7.52. The first-order chi connectivity index (χ1) is 7.52. The lowest BCUT2D eigenvalue weighted by atomic mass is 10.1. The lowest BCUT2D eigenvalue weighted by molar-refractivity contribution is 0.0234. The van der Waals surface area contributed by atoms with Crippen LogP contribution in [0.4, 0.5) is 5.69 Å².